The van der Waals surface area contributed by atoms with E-state index < -0.39 is 0 Å². The normalized spacial score (nSPS) is 12.9. The smallest absolute Gasteiger partial charge is 0.252 e. The van der Waals surface area contributed by atoms with Crippen LogP contribution in [0, 0.1) is 0 Å². The van der Waals surface area contributed by atoms with Crippen molar-refractivity contribution in [2.45, 2.75) is 72.0 Å². The van der Waals surface area contributed by atoms with E-state index in [1.165, 1.54) is 80.2 Å². The van der Waals surface area contributed by atoms with Gasteiger partial charge in [-0.25, -0.2) is 0 Å². The van der Waals surface area contributed by atoms with Crippen LogP contribution in [0.2, 0.25) is 0 Å². The fourth-order valence-corrected chi connectivity index (χ4v) is 21.0. The Bertz CT molecular complexity index is 6610. The molecule has 0 spiro atoms. The molecule has 562 valence electrons. The van der Waals surface area contributed by atoms with E-state index in [0.29, 0.717) is 0 Å². The van der Waals surface area contributed by atoms with Crippen LogP contribution in [0.1, 0.15) is 52.7 Å². The van der Waals surface area contributed by atoms with Gasteiger partial charge in [-0.05, 0) is 179 Å². The Labute approximate surface area is 702 Å². The second-order valence-corrected chi connectivity index (χ2v) is 35.7. The Morgan fingerprint density at radius 2 is 0.619 bits per heavy atom. The predicted molar refractivity (Wildman–Crippen MR) is 506 cm³/mol. The molecule has 21 rings (SSSR count). The van der Waals surface area contributed by atoms with Crippen LogP contribution in [0.3, 0.4) is 0 Å². The molecule has 0 aromatic heterocycles. The van der Waals surface area contributed by atoms with Crippen molar-refractivity contribution in [1.29, 1.82) is 0 Å². The molecule has 0 radical (unpaired) electrons. The van der Waals surface area contributed by atoms with Crippen LogP contribution in [-0.4, -0.2) is 13.4 Å². The zero-order chi connectivity index (χ0) is 79.3. The second kappa shape index (κ2) is 29.5. The van der Waals surface area contributed by atoms with Gasteiger partial charge in [-0.1, -0.05) is 385 Å². The van der Waals surface area contributed by atoms with Crippen LogP contribution < -0.4 is 52.4 Å². The highest BCUT2D eigenvalue weighted by atomic mass is 32.2. The van der Waals surface area contributed by atoms with Crippen molar-refractivity contribution in [3.05, 3.63) is 412 Å². The standard InChI is InChI=1S/C110H84B2N4S2/c1-109(2,3)81-59-51-79(52-60-81)90-43-30-44-91(80-53-61-82(62-54-80)110(4,5)6)108(90)116-99-72-103-95(112-93-46-25-29-50-102(93)117-104-69-87(70-105(118-103)107(104)112)114(85-65-57-76(58-66-85)74-33-14-8-15-34-74)97-48-27-23-42-89(97)78-37-18-10-19-38-78)71-94(99)111-92-45-24-28-49-98(92)115(83-39-20-11-21-40-83)100-67-86(68-101(116)106(100)111)113(84-63-55-75(56-64-84)73-31-12-7-13-32-73)96-47-26-22-41-88(96)77-35-16-9-17-36-77/h7-72H,1-6H3. The quantitative estimate of drug-likeness (QED) is 0.0999. The van der Waals surface area contributed by atoms with E-state index in [9.17, 15) is 0 Å². The highest BCUT2D eigenvalue weighted by molar-refractivity contribution is 8.01. The average Bonchev–Trinajstić information content (AvgIpc) is 0.683. The lowest BCUT2D eigenvalue weighted by atomic mass is 9.31. The molecule has 0 N–H and O–H groups in total. The molecule has 4 heterocycles. The Morgan fingerprint density at radius 3 is 1.13 bits per heavy atom. The van der Waals surface area contributed by atoms with Gasteiger partial charge in [0.2, 0.25) is 6.71 Å². The van der Waals surface area contributed by atoms with Gasteiger partial charge in [0.15, 0.2) is 0 Å². The summed E-state index contributed by atoms with van der Waals surface area (Å²) in [6.07, 6.45) is 0. The summed E-state index contributed by atoms with van der Waals surface area (Å²) in [6, 6.07) is 151. The highest BCUT2D eigenvalue weighted by Gasteiger charge is 2.48. The first-order chi connectivity index (χ1) is 57.8. The fraction of sp³-hybridized carbons (Fsp3) is 0.0727. The summed E-state index contributed by atoms with van der Waals surface area (Å²) < 4.78 is 0. The Hall–Kier alpha value is -13.2. The minimum Gasteiger partial charge on any atom is -0.311 e. The molecule has 17 aromatic carbocycles. The van der Waals surface area contributed by atoms with Gasteiger partial charge in [0, 0.05) is 87.3 Å². The summed E-state index contributed by atoms with van der Waals surface area (Å²) in [5.74, 6) is 0. The molecule has 0 fully saturated rings. The van der Waals surface area contributed by atoms with E-state index in [4.69, 9.17) is 0 Å². The van der Waals surface area contributed by atoms with Gasteiger partial charge >= 0.3 is 0 Å². The van der Waals surface area contributed by atoms with Gasteiger partial charge in [-0.2, -0.15) is 0 Å². The number of rotatable bonds is 14. The van der Waals surface area contributed by atoms with Crippen LogP contribution >= 0.6 is 23.5 Å². The van der Waals surface area contributed by atoms with Crippen molar-refractivity contribution in [2.75, 3.05) is 19.6 Å². The fourth-order valence-electron chi connectivity index (χ4n) is 18.5. The van der Waals surface area contributed by atoms with E-state index in [1.807, 2.05) is 23.5 Å². The van der Waals surface area contributed by atoms with Crippen molar-refractivity contribution in [3.8, 4) is 66.8 Å². The third-order valence-corrected chi connectivity index (χ3v) is 26.6. The predicted octanol–water partition coefficient (Wildman–Crippen LogP) is 26.8. The maximum Gasteiger partial charge on any atom is 0.252 e. The molecule has 4 aliphatic rings. The van der Waals surface area contributed by atoms with Gasteiger partial charge in [-0.15, -0.1) is 0 Å². The molecule has 0 amide bonds. The van der Waals surface area contributed by atoms with Gasteiger partial charge < -0.3 is 19.6 Å². The summed E-state index contributed by atoms with van der Waals surface area (Å²) in [5, 5.41) is 0. The van der Waals surface area contributed by atoms with Crippen LogP contribution in [0.25, 0.3) is 66.8 Å². The number of benzene rings is 17. The number of para-hydroxylation sites is 5. The van der Waals surface area contributed by atoms with E-state index in [1.54, 1.807) is 0 Å². The average molecular weight is 1550 g/mol. The molecule has 0 saturated carbocycles. The summed E-state index contributed by atoms with van der Waals surface area (Å²) in [5.41, 5.74) is 37.1. The van der Waals surface area contributed by atoms with E-state index in [2.05, 4.69) is 462 Å². The Balaban J connectivity index is 0.866. The number of hydrogen-bond donors (Lipinski definition) is 0. The second-order valence-electron chi connectivity index (χ2n) is 33.5. The minimum absolute atomic E-state index is 0.0698. The Morgan fingerprint density at radius 1 is 0.237 bits per heavy atom. The summed E-state index contributed by atoms with van der Waals surface area (Å²) >= 11 is 3.85. The van der Waals surface area contributed by atoms with Crippen molar-refractivity contribution >= 4 is 138 Å². The van der Waals surface area contributed by atoms with E-state index in [-0.39, 0.29) is 24.3 Å². The molecule has 0 atom stereocenters. The SMILES string of the molecule is CC(C)(C)c1ccc(-c2cccc(-c3ccc(C(C)(C)C)cc3)c2N2c3cc4c(cc3B3c5ccccc5N(c5ccccc5)c5cc(N(c6ccc(-c7ccccc7)cc6)c6ccccc6-c6ccccc6)cc2c53)B2c3ccccc3Sc3cc(N(c5ccc(-c6ccccc6)cc5)c5ccccc5-c5ccccc5)cc(c32)S4)cc1. The number of hydrogen-bond acceptors (Lipinski definition) is 6. The maximum absolute atomic E-state index is 2.75. The van der Waals surface area contributed by atoms with Gasteiger partial charge in [0.1, 0.15) is 0 Å². The van der Waals surface area contributed by atoms with E-state index >= 15 is 0 Å². The molecule has 4 nitrogen and oxygen atoms in total. The first kappa shape index (κ1) is 72.5. The molecule has 0 unspecified atom stereocenters. The lowest BCUT2D eigenvalue weighted by Gasteiger charge is -2.46. The third kappa shape index (κ3) is 12.8. The van der Waals surface area contributed by atoms with Crippen LogP contribution in [0.5, 0.6) is 0 Å². The van der Waals surface area contributed by atoms with Crippen molar-refractivity contribution < 1.29 is 0 Å². The van der Waals surface area contributed by atoms with Crippen molar-refractivity contribution in [3.63, 3.8) is 0 Å². The first-order valence-corrected chi connectivity index (χ1v) is 42.7. The maximum atomic E-state index is 2.75. The number of anilines is 12. The lowest BCUT2D eigenvalue weighted by Crippen LogP contribution is -2.64. The number of nitrogens with zero attached hydrogens (tertiary/aromatic N) is 4. The van der Waals surface area contributed by atoms with Crippen molar-refractivity contribution in [2.24, 2.45) is 0 Å². The van der Waals surface area contributed by atoms with Crippen LogP contribution in [0.4, 0.5) is 68.2 Å². The summed E-state index contributed by atoms with van der Waals surface area (Å²) in [6.45, 7) is 13.6. The third-order valence-electron chi connectivity index (χ3n) is 24.3. The molecular weight excluding hydrogens is 1460 g/mol. The molecular formula is C110H84B2N4S2. The van der Waals surface area contributed by atoms with Crippen LogP contribution in [-0.2, 0) is 10.8 Å². The topological polar surface area (TPSA) is 13.0 Å². The van der Waals surface area contributed by atoms with Crippen molar-refractivity contribution in [1.82, 2.24) is 0 Å². The monoisotopic (exact) mass is 1550 g/mol. The molecule has 17 aromatic rings. The van der Waals surface area contributed by atoms with Gasteiger partial charge in [-0.3, -0.25) is 0 Å². The first-order valence-electron chi connectivity index (χ1n) is 41.1. The largest absolute Gasteiger partial charge is 0.311 e. The summed E-state index contributed by atoms with van der Waals surface area (Å²) in [7, 11) is 0. The Kier molecular flexibility index (Phi) is 18.1. The molecule has 4 aliphatic heterocycles. The highest BCUT2D eigenvalue weighted by Crippen LogP contribution is 2.55. The molecule has 0 aliphatic carbocycles. The number of fused-ring (bicyclic) bond motifs is 8. The molecule has 118 heavy (non-hydrogen) atoms. The van der Waals surface area contributed by atoms with Gasteiger partial charge in [0.25, 0.3) is 6.71 Å². The lowest BCUT2D eigenvalue weighted by molar-refractivity contribution is 0.590. The van der Waals surface area contributed by atoms with E-state index in [0.717, 1.165) is 118 Å². The van der Waals surface area contributed by atoms with Gasteiger partial charge in [0.05, 0.1) is 22.7 Å². The zero-order valence-corrected chi connectivity index (χ0v) is 68.5. The van der Waals surface area contributed by atoms with Crippen LogP contribution in [0.15, 0.2) is 420 Å². The molecule has 8 heteroatoms. The molecule has 0 bridgehead atoms. The molecule has 0 saturated heterocycles. The summed E-state index contributed by atoms with van der Waals surface area (Å²) in [4.78, 5) is 15.4. The minimum atomic E-state index is -0.234. The zero-order valence-electron chi connectivity index (χ0n) is 66.9.